The van der Waals surface area contributed by atoms with Gasteiger partial charge in [0.05, 0.1) is 7.11 Å². The molecule has 4 nitrogen and oxygen atoms in total. The summed E-state index contributed by atoms with van der Waals surface area (Å²) in [5.41, 5.74) is 0.289. The van der Waals surface area contributed by atoms with Crippen molar-refractivity contribution >= 4 is 18.4 Å². The van der Waals surface area contributed by atoms with E-state index in [0.717, 1.165) is 0 Å². The Morgan fingerprint density at radius 3 is 2.60 bits per heavy atom. The summed E-state index contributed by atoms with van der Waals surface area (Å²) in [6.07, 6.45) is 0.506. The lowest BCUT2D eigenvalue weighted by Gasteiger charge is -1.96. The van der Waals surface area contributed by atoms with Gasteiger partial charge in [0.25, 0.3) is 0 Å². The van der Waals surface area contributed by atoms with Gasteiger partial charge in [0.1, 0.15) is 5.71 Å². The standard InChI is InChI=1S/C6H10N2O2/c1-4-5(8-7-2)6(9)10-3/h2,4H2,1,3H3/b8-5-. The molecule has 0 fully saturated rings. The third-order valence-electron chi connectivity index (χ3n) is 0.947. The van der Waals surface area contributed by atoms with E-state index < -0.39 is 5.97 Å². The molecule has 0 N–H and O–H groups in total. The van der Waals surface area contributed by atoms with Gasteiger partial charge in [-0.1, -0.05) is 6.92 Å². The summed E-state index contributed by atoms with van der Waals surface area (Å²) in [5.74, 6) is -0.449. The zero-order valence-corrected chi connectivity index (χ0v) is 6.13. The SMILES string of the molecule is C=N/N=C(/CC)C(=O)OC. The molecule has 0 heterocycles. The van der Waals surface area contributed by atoms with E-state index >= 15 is 0 Å². The molecule has 0 atom stereocenters. The van der Waals surface area contributed by atoms with Crippen molar-refractivity contribution in [1.29, 1.82) is 0 Å². The van der Waals surface area contributed by atoms with Crippen LogP contribution in [0.15, 0.2) is 10.2 Å². The quantitative estimate of drug-likeness (QED) is 0.329. The van der Waals surface area contributed by atoms with E-state index in [1.54, 1.807) is 6.92 Å². The smallest absolute Gasteiger partial charge is 0.354 e. The molecular formula is C6H10N2O2. The third-order valence-corrected chi connectivity index (χ3v) is 0.947. The highest BCUT2D eigenvalue weighted by molar-refractivity contribution is 6.36. The zero-order valence-electron chi connectivity index (χ0n) is 6.13. The molecule has 56 valence electrons. The largest absolute Gasteiger partial charge is 0.464 e. The molecule has 0 aromatic heterocycles. The molecule has 0 bridgehead atoms. The van der Waals surface area contributed by atoms with E-state index in [2.05, 4.69) is 21.7 Å². The van der Waals surface area contributed by atoms with E-state index in [1.165, 1.54) is 7.11 Å². The van der Waals surface area contributed by atoms with Crippen LogP contribution in [0.3, 0.4) is 0 Å². The summed E-state index contributed by atoms with van der Waals surface area (Å²) in [7, 11) is 1.30. The van der Waals surface area contributed by atoms with Gasteiger partial charge < -0.3 is 4.74 Å². The minimum atomic E-state index is -0.449. The van der Waals surface area contributed by atoms with E-state index in [0.29, 0.717) is 6.42 Å². The van der Waals surface area contributed by atoms with Crippen molar-refractivity contribution in [3.8, 4) is 0 Å². The van der Waals surface area contributed by atoms with Crippen LogP contribution in [-0.2, 0) is 9.53 Å². The molecule has 0 spiro atoms. The Hall–Kier alpha value is -1.19. The molecule has 0 saturated carbocycles. The molecule has 0 amide bonds. The molecular weight excluding hydrogens is 132 g/mol. The summed E-state index contributed by atoms with van der Waals surface area (Å²) >= 11 is 0. The predicted molar refractivity (Wildman–Crippen MR) is 39.3 cm³/mol. The predicted octanol–water partition coefficient (Wildman–Crippen LogP) is 0.626. The fraction of sp³-hybridized carbons (Fsp3) is 0.500. The van der Waals surface area contributed by atoms with E-state index in [4.69, 9.17) is 0 Å². The molecule has 0 aromatic rings. The number of carbonyl (C=O) groups excluding carboxylic acids is 1. The van der Waals surface area contributed by atoms with Crippen LogP contribution >= 0.6 is 0 Å². The average molecular weight is 142 g/mol. The van der Waals surface area contributed by atoms with Gasteiger partial charge in [0.15, 0.2) is 0 Å². The summed E-state index contributed by atoms with van der Waals surface area (Å²) < 4.78 is 4.40. The Balaban J connectivity index is 4.19. The maximum atomic E-state index is 10.7. The summed E-state index contributed by atoms with van der Waals surface area (Å²) in [6, 6.07) is 0. The average Bonchev–Trinajstić information content (AvgIpc) is 1.99. The zero-order chi connectivity index (χ0) is 7.98. The second kappa shape index (κ2) is 4.67. The van der Waals surface area contributed by atoms with Crippen molar-refractivity contribution in [1.82, 2.24) is 0 Å². The molecule has 0 aliphatic carbocycles. The van der Waals surface area contributed by atoms with Crippen LogP contribution in [0.5, 0.6) is 0 Å². The van der Waals surface area contributed by atoms with E-state index in [-0.39, 0.29) is 5.71 Å². The van der Waals surface area contributed by atoms with Crippen molar-refractivity contribution in [3.05, 3.63) is 0 Å². The number of hydrogen-bond acceptors (Lipinski definition) is 4. The molecule has 0 unspecified atom stereocenters. The van der Waals surface area contributed by atoms with Gasteiger partial charge >= 0.3 is 5.97 Å². The van der Waals surface area contributed by atoms with Crippen LogP contribution in [-0.4, -0.2) is 25.5 Å². The van der Waals surface area contributed by atoms with Gasteiger partial charge in [-0.25, -0.2) is 4.79 Å². The lowest BCUT2D eigenvalue weighted by molar-refractivity contribution is -0.132. The molecule has 10 heavy (non-hydrogen) atoms. The van der Waals surface area contributed by atoms with Crippen molar-refractivity contribution in [2.75, 3.05) is 7.11 Å². The minimum Gasteiger partial charge on any atom is -0.464 e. The second-order valence-corrected chi connectivity index (χ2v) is 1.53. The van der Waals surface area contributed by atoms with Gasteiger partial charge in [-0.15, -0.1) is 5.10 Å². The van der Waals surface area contributed by atoms with Crippen molar-refractivity contribution in [3.63, 3.8) is 0 Å². The van der Waals surface area contributed by atoms with E-state index in [1.807, 2.05) is 0 Å². The van der Waals surface area contributed by atoms with Gasteiger partial charge in [0.2, 0.25) is 0 Å². The summed E-state index contributed by atoms with van der Waals surface area (Å²) in [5, 5.41) is 6.68. The Labute approximate surface area is 59.6 Å². The molecule has 0 rings (SSSR count). The number of methoxy groups -OCH3 is 1. The topological polar surface area (TPSA) is 51.0 Å². The monoisotopic (exact) mass is 142 g/mol. The highest BCUT2D eigenvalue weighted by Crippen LogP contribution is 1.89. The number of esters is 1. The van der Waals surface area contributed by atoms with Crippen LogP contribution < -0.4 is 0 Å². The molecule has 0 radical (unpaired) electrons. The first-order valence-electron chi connectivity index (χ1n) is 2.87. The number of hydrogen-bond donors (Lipinski definition) is 0. The first-order valence-corrected chi connectivity index (χ1v) is 2.87. The number of ether oxygens (including phenoxy) is 1. The van der Waals surface area contributed by atoms with Crippen LogP contribution in [0, 0.1) is 0 Å². The number of nitrogens with zero attached hydrogens (tertiary/aromatic N) is 2. The maximum Gasteiger partial charge on any atom is 0.354 e. The Kier molecular flexibility index (Phi) is 4.11. The second-order valence-electron chi connectivity index (χ2n) is 1.53. The molecule has 0 aliphatic heterocycles. The van der Waals surface area contributed by atoms with E-state index in [9.17, 15) is 4.79 Å². The summed E-state index contributed by atoms with van der Waals surface area (Å²) in [4.78, 5) is 10.7. The Morgan fingerprint density at radius 1 is 1.70 bits per heavy atom. The fourth-order valence-corrected chi connectivity index (χ4v) is 0.459. The number of carbonyl (C=O) groups is 1. The molecule has 4 heteroatoms. The molecule has 0 aromatic carbocycles. The maximum absolute atomic E-state index is 10.7. The van der Waals surface area contributed by atoms with Gasteiger partial charge in [0, 0.05) is 6.72 Å². The highest BCUT2D eigenvalue weighted by atomic mass is 16.5. The van der Waals surface area contributed by atoms with Crippen LogP contribution in [0.4, 0.5) is 0 Å². The van der Waals surface area contributed by atoms with Gasteiger partial charge in [-0.05, 0) is 6.42 Å². The highest BCUT2D eigenvalue weighted by Gasteiger charge is 2.07. The van der Waals surface area contributed by atoms with Crippen molar-refractivity contribution < 1.29 is 9.53 Å². The van der Waals surface area contributed by atoms with Crippen LogP contribution in [0.1, 0.15) is 13.3 Å². The lowest BCUT2D eigenvalue weighted by atomic mass is 10.3. The van der Waals surface area contributed by atoms with Crippen LogP contribution in [0.2, 0.25) is 0 Å². The Bertz CT molecular complexity index is 163. The first kappa shape index (κ1) is 8.81. The number of rotatable bonds is 3. The minimum absolute atomic E-state index is 0.289. The van der Waals surface area contributed by atoms with Gasteiger partial charge in [-0.3, -0.25) is 0 Å². The van der Waals surface area contributed by atoms with Crippen molar-refractivity contribution in [2.24, 2.45) is 10.2 Å². The third kappa shape index (κ3) is 2.39. The molecule has 0 saturated heterocycles. The van der Waals surface area contributed by atoms with Crippen molar-refractivity contribution in [2.45, 2.75) is 13.3 Å². The van der Waals surface area contributed by atoms with Crippen LogP contribution in [0.25, 0.3) is 0 Å². The van der Waals surface area contributed by atoms with Gasteiger partial charge in [-0.2, -0.15) is 5.10 Å². The summed E-state index contributed by atoms with van der Waals surface area (Å²) in [6.45, 7) is 4.91. The fourth-order valence-electron chi connectivity index (χ4n) is 0.459. The first-order chi connectivity index (χ1) is 4.76. The lowest BCUT2D eigenvalue weighted by Crippen LogP contribution is -2.13. The molecule has 0 aliphatic rings. The normalized spacial score (nSPS) is 10.8. The Morgan fingerprint density at radius 2 is 2.30 bits per heavy atom.